The maximum absolute atomic E-state index is 12.0. The first-order chi connectivity index (χ1) is 11.9. The van der Waals surface area contributed by atoms with E-state index in [9.17, 15) is 24.6 Å². The van der Waals surface area contributed by atoms with Gasteiger partial charge in [0.25, 0.3) is 5.56 Å². The van der Waals surface area contributed by atoms with Gasteiger partial charge in [0.15, 0.2) is 0 Å². The van der Waals surface area contributed by atoms with Gasteiger partial charge in [-0.2, -0.15) is 0 Å². The molecular formula is C16H16N2O7. The maximum Gasteiger partial charge on any atom is 0.342 e. The number of nitrogens with two attached hydrogens (primary N) is 1. The van der Waals surface area contributed by atoms with E-state index in [2.05, 4.69) is 0 Å². The normalized spacial score (nSPS) is 10.4. The first-order valence-corrected chi connectivity index (χ1v) is 7.11. The fourth-order valence-corrected chi connectivity index (χ4v) is 2.32. The predicted molar refractivity (Wildman–Crippen MR) is 88.2 cm³/mol. The number of carboxylic acids is 2. The fraction of sp³-hybridized carbons (Fsp3) is 0.188. The summed E-state index contributed by atoms with van der Waals surface area (Å²) in [5, 5.41) is 18.8. The molecule has 1 heterocycles. The summed E-state index contributed by atoms with van der Waals surface area (Å²) in [6, 6.07) is 6.06. The summed E-state index contributed by atoms with van der Waals surface area (Å²) in [5.74, 6) is -3.09. The number of ether oxygens (including phenoxy) is 2. The van der Waals surface area contributed by atoms with Gasteiger partial charge in [-0.05, 0) is 17.7 Å². The van der Waals surface area contributed by atoms with E-state index in [1.54, 1.807) is 12.1 Å². The second kappa shape index (κ2) is 7.49. The molecule has 5 N–H and O–H groups in total. The zero-order valence-electron chi connectivity index (χ0n) is 13.2. The Morgan fingerprint density at radius 2 is 1.84 bits per heavy atom. The molecule has 0 radical (unpaired) electrons. The van der Waals surface area contributed by atoms with Crippen molar-refractivity contribution in [1.82, 2.24) is 4.98 Å². The lowest BCUT2D eigenvalue weighted by Gasteiger charge is -2.13. The van der Waals surface area contributed by atoms with Crippen LogP contribution in [0.25, 0.3) is 11.1 Å². The number of hydrogen-bond acceptors (Lipinski definition) is 6. The molecule has 2 aromatic rings. The van der Waals surface area contributed by atoms with Crippen LogP contribution in [0.15, 0.2) is 29.1 Å². The Hall–Kier alpha value is -3.33. The van der Waals surface area contributed by atoms with Crippen LogP contribution >= 0.6 is 0 Å². The number of H-pyrrole nitrogens is 1. The minimum atomic E-state index is -1.57. The Balaban J connectivity index is 2.69. The van der Waals surface area contributed by atoms with Crippen molar-refractivity contribution in [3.63, 3.8) is 0 Å². The minimum Gasteiger partial charge on any atom is -0.491 e. The largest absolute Gasteiger partial charge is 0.491 e. The summed E-state index contributed by atoms with van der Waals surface area (Å²) in [6.07, 6.45) is 0. The molecule has 0 bridgehead atoms. The van der Waals surface area contributed by atoms with Gasteiger partial charge >= 0.3 is 11.9 Å². The van der Waals surface area contributed by atoms with Crippen molar-refractivity contribution < 1.29 is 29.3 Å². The number of aromatic nitrogens is 1. The highest BCUT2D eigenvalue weighted by Crippen LogP contribution is 2.31. The van der Waals surface area contributed by atoms with Gasteiger partial charge in [-0.15, -0.1) is 0 Å². The second-order valence-electron chi connectivity index (χ2n) is 4.97. The molecule has 132 valence electrons. The van der Waals surface area contributed by atoms with Crippen molar-refractivity contribution in [2.24, 2.45) is 0 Å². The average Bonchev–Trinajstić information content (AvgIpc) is 2.53. The third-order valence-electron chi connectivity index (χ3n) is 3.35. The Morgan fingerprint density at radius 3 is 2.44 bits per heavy atom. The van der Waals surface area contributed by atoms with Crippen molar-refractivity contribution in [2.45, 2.75) is 0 Å². The van der Waals surface area contributed by atoms with Crippen LogP contribution in [0.1, 0.15) is 20.7 Å². The number of methoxy groups -OCH3 is 1. The van der Waals surface area contributed by atoms with Crippen molar-refractivity contribution in [1.29, 1.82) is 0 Å². The van der Waals surface area contributed by atoms with Crippen LogP contribution in [0.3, 0.4) is 0 Å². The lowest BCUT2D eigenvalue weighted by Crippen LogP contribution is -2.24. The van der Waals surface area contributed by atoms with Gasteiger partial charge < -0.3 is 30.4 Å². The van der Waals surface area contributed by atoms with Gasteiger partial charge in [-0.25, -0.2) is 9.59 Å². The van der Waals surface area contributed by atoms with E-state index in [0.717, 1.165) is 0 Å². The first kappa shape index (κ1) is 18.0. The molecule has 0 unspecified atom stereocenters. The summed E-state index contributed by atoms with van der Waals surface area (Å²) in [7, 11) is 1.51. The van der Waals surface area contributed by atoms with Gasteiger partial charge in [0.05, 0.1) is 6.61 Å². The number of aromatic carboxylic acids is 2. The van der Waals surface area contributed by atoms with E-state index in [4.69, 9.17) is 15.2 Å². The Labute approximate surface area is 141 Å². The predicted octanol–water partition coefficient (Wildman–Crippen LogP) is 1.05. The van der Waals surface area contributed by atoms with Crippen molar-refractivity contribution in [2.75, 3.05) is 26.1 Å². The second-order valence-corrected chi connectivity index (χ2v) is 4.97. The van der Waals surface area contributed by atoms with E-state index in [1.807, 2.05) is 4.98 Å². The third kappa shape index (κ3) is 3.78. The number of rotatable bonds is 7. The van der Waals surface area contributed by atoms with Crippen LogP contribution in [-0.2, 0) is 4.74 Å². The molecule has 9 nitrogen and oxygen atoms in total. The number of aromatic amines is 1. The molecule has 2 rings (SSSR count). The van der Waals surface area contributed by atoms with Crippen LogP contribution < -0.4 is 16.0 Å². The first-order valence-electron chi connectivity index (χ1n) is 7.11. The topological polar surface area (TPSA) is 152 Å². The fourth-order valence-electron chi connectivity index (χ4n) is 2.32. The highest BCUT2D eigenvalue weighted by atomic mass is 16.5. The molecule has 0 aliphatic heterocycles. The average molecular weight is 348 g/mol. The minimum absolute atomic E-state index is 0.183. The summed E-state index contributed by atoms with van der Waals surface area (Å²) in [4.78, 5) is 37.1. The summed E-state index contributed by atoms with van der Waals surface area (Å²) in [5.41, 5.74) is 3.30. The lowest BCUT2D eigenvalue weighted by atomic mass is 9.95. The third-order valence-corrected chi connectivity index (χ3v) is 3.35. The number of carbonyl (C=O) groups is 2. The van der Waals surface area contributed by atoms with Crippen LogP contribution in [0.5, 0.6) is 5.75 Å². The van der Waals surface area contributed by atoms with Gasteiger partial charge in [0, 0.05) is 12.7 Å². The highest BCUT2D eigenvalue weighted by molar-refractivity contribution is 6.07. The zero-order valence-corrected chi connectivity index (χ0v) is 13.2. The summed E-state index contributed by atoms with van der Waals surface area (Å²) in [6.45, 7) is 0.581. The van der Waals surface area contributed by atoms with Crippen LogP contribution in [0.2, 0.25) is 0 Å². The number of anilines is 1. The van der Waals surface area contributed by atoms with E-state index in [1.165, 1.54) is 19.2 Å². The number of nitrogens with one attached hydrogen (secondary N) is 1. The zero-order chi connectivity index (χ0) is 18.6. The lowest BCUT2D eigenvalue weighted by molar-refractivity contribution is 0.0695. The quantitative estimate of drug-likeness (QED) is 0.542. The molecular weight excluding hydrogens is 332 g/mol. The molecule has 1 aromatic carbocycles. The Bertz CT molecular complexity index is 873. The molecule has 0 aliphatic rings. The van der Waals surface area contributed by atoms with E-state index < -0.39 is 34.4 Å². The number of pyridine rings is 1. The summed E-state index contributed by atoms with van der Waals surface area (Å²) >= 11 is 0. The molecule has 0 atom stereocenters. The van der Waals surface area contributed by atoms with E-state index in [0.29, 0.717) is 12.4 Å². The van der Waals surface area contributed by atoms with Gasteiger partial charge in [0.1, 0.15) is 29.3 Å². The number of carboxylic acid groups (broad SMARTS) is 2. The molecule has 0 fully saturated rings. The van der Waals surface area contributed by atoms with Crippen molar-refractivity contribution >= 4 is 17.8 Å². The molecule has 0 spiro atoms. The van der Waals surface area contributed by atoms with Crippen LogP contribution in [0.4, 0.5) is 5.82 Å². The monoisotopic (exact) mass is 348 g/mol. The standard InChI is InChI=1S/C16H16N2O7/c1-24-5-6-25-9-4-2-3-8(7-9)10-11(15(20)21)13(17)18-14(19)12(10)16(22)23/h2-4,7H,5-6H2,1H3,(H,20,21)(H,22,23)(H3,17,18,19). The molecule has 0 amide bonds. The van der Waals surface area contributed by atoms with Gasteiger partial charge in [-0.1, -0.05) is 12.1 Å². The number of benzene rings is 1. The molecule has 9 heteroatoms. The van der Waals surface area contributed by atoms with Crippen molar-refractivity contribution in [3.8, 4) is 16.9 Å². The molecule has 0 aliphatic carbocycles. The number of nitrogen functional groups attached to an aromatic ring is 1. The highest BCUT2D eigenvalue weighted by Gasteiger charge is 2.26. The van der Waals surface area contributed by atoms with Crippen LogP contribution in [-0.4, -0.2) is 47.5 Å². The smallest absolute Gasteiger partial charge is 0.342 e. The van der Waals surface area contributed by atoms with E-state index >= 15 is 0 Å². The molecule has 0 saturated carbocycles. The number of hydrogen-bond donors (Lipinski definition) is 4. The van der Waals surface area contributed by atoms with E-state index in [-0.39, 0.29) is 17.7 Å². The summed E-state index contributed by atoms with van der Waals surface area (Å²) < 4.78 is 10.3. The van der Waals surface area contributed by atoms with Gasteiger partial charge in [0.2, 0.25) is 0 Å². The Kier molecular flexibility index (Phi) is 5.40. The molecule has 1 aromatic heterocycles. The molecule has 25 heavy (non-hydrogen) atoms. The van der Waals surface area contributed by atoms with Gasteiger partial charge in [-0.3, -0.25) is 4.79 Å². The van der Waals surface area contributed by atoms with Crippen molar-refractivity contribution in [3.05, 3.63) is 45.7 Å². The SMILES string of the molecule is COCCOc1cccc(-c2c(C(=O)O)c(N)[nH]c(=O)c2C(=O)O)c1. The Morgan fingerprint density at radius 1 is 1.16 bits per heavy atom. The molecule has 0 saturated heterocycles. The van der Waals surface area contributed by atoms with Crippen LogP contribution in [0, 0.1) is 0 Å². The maximum atomic E-state index is 12.0.